The number of nitrogens with zero attached hydrogens (tertiary/aromatic N) is 1. The highest BCUT2D eigenvalue weighted by Crippen LogP contribution is 2.27. The normalized spacial score (nSPS) is 11.6. The number of hydrogen-bond acceptors (Lipinski definition) is 3. The Morgan fingerprint density at radius 3 is 2.19 bits per heavy atom. The van der Waals surface area contributed by atoms with Gasteiger partial charge in [0.15, 0.2) is 0 Å². The zero-order valence-corrected chi connectivity index (χ0v) is 20.2. The van der Waals surface area contributed by atoms with Crippen molar-refractivity contribution in [2.45, 2.75) is 39.1 Å². The molecule has 0 aliphatic heterocycles. The van der Waals surface area contributed by atoms with E-state index in [2.05, 4.69) is 5.32 Å². The van der Waals surface area contributed by atoms with E-state index >= 15 is 0 Å². The molecule has 1 amide bonds. The van der Waals surface area contributed by atoms with Crippen LogP contribution in [0, 0.1) is 27.7 Å². The van der Waals surface area contributed by atoms with E-state index in [1.807, 2.05) is 49.4 Å². The number of rotatable bonds is 7. The molecule has 0 radical (unpaired) electrons. The molecule has 0 bridgehead atoms. The molecule has 168 valence electrons. The molecule has 5 nitrogen and oxygen atoms in total. The molecule has 0 fully saturated rings. The van der Waals surface area contributed by atoms with Gasteiger partial charge in [-0.3, -0.25) is 4.79 Å². The summed E-state index contributed by atoms with van der Waals surface area (Å²) in [4.78, 5) is 13.2. The average molecular weight is 471 g/mol. The zero-order valence-electron chi connectivity index (χ0n) is 18.6. The minimum absolute atomic E-state index is 0.0812. The first-order valence-corrected chi connectivity index (χ1v) is 12.1. The van der Waals surface area contributed by atoms with Crippen LogP contribution in [0.5, 0.6) is 0 Å². The van der Waals surface area contributed by atoms with Gasteiger partial charge in [-0.25, -0.2) is 8.42 Å². The lowest BCUT2D eigenvalue weighted by Gasteiger charge is -2.24. The van der Waals surface area contributed by atoms with Gasteiger partial charge in [0.2, 0.25) is 15.9 Å². The van der Waals surface area contributed by atoms with E-state index in [0.717, 1.165) is 16.7 Å². The van der Waals surface area contributed by atoms with E-state index in [9.17, 15) is 13.2 Å². The highest BCUT2D eigenvalue weighted by molar-refractivity contribution is 7.89. The summed E-state index contributed by atoms with van der Waals surface area (Å²) in [5.74, 6) is -0.433. The van der Waals surface area contributed by atoms with Crippen molar-refractivity contribution < 1.29 is 13.2 Å². The standard InChI is InChI=1S/C25H27ClN2O3S/c1-17-13-18(2)25(19(3)14-17)32(30,31)28(15-21-9-6-5-7-10-21)16-24(29)27-23-12-8-11-22(26)20(23)4/h5-14H,15-16H2,1-4H3,(H,27,29). The zero-order chi connectivity index (χ0) is 23.5. The highest BCUT2D eigenvalue weighted by atomic mass is 35.5. The van der Waals surface area contributed by atoms with Crippen LogP contribution in [0.15, 0.2) is 65.6 Å². The summed E-state index contributed by atoms with van der Waals surface area (Å²) in [7, 11) is -3.94. The summed E-state index contributed by atoms with van der Waals surface area (Å²) in [6.07, 6.45) is 0. The third-order valence-electron chi connectivity index (χ3n) is 5.27. The molecule has 0 spiro atoms. The van der Waals surface area contributed by atoms with E-state index in [-0.39, 0.29) is 18.0 Å². The second-order valence-corrected chi connectivity index (χ2v) is 10.2. The number of hydrogen-bond donors (Lipinski definition) is 1. The lowest BCUT2D eigenvalue weighted by Crippen LogP contribution is -2.38. The maximum atomic E-state index is 13.7. The molecular formula is C25H27ClN2O3S. The number of amides is 1. The lowest BCUT2D eigenvalue weighted by molar-refractivity contribution is -0.116. The Balaban J connectivity index is 1.97. The molecule has 0 saturated heterocycles. The summed E-state index contributed by atoms with van der Waals surface area (Å²) in [6, 6.07) is 18.1. The van der Waals surface area contributed by atoms with Gasteiger partial charge in [-0.1, -0.05) is 65.7 Å². The Hall–Kier alpha value is -2.67. The second kappa shape index (κ2) is 9.86. The predicted molar refractivity (Wildman–Crippen MR) is 130 cm³/mol. The van der Waals surface area contributed by atoms with Gasteiger partial charge >= 0.3 is 0 Å². The molecule has 0 saturated carbocycles. The third-order valence-corrected chi connectivity index (χ3v) is 7.77. The molecule has 0 aliphatic rings. The van der Waals surface area contributed by atoms with Gasteiger partial charge in [-0.15, -0.1) is 0 Å². The minimum atomic E-state index is -3.94. The first-order valence-electron chi connectivity index (χ1n) is 10.3. The van der Waals surface area contributed by atoms with Crippen LogP contribution in [-0.2, 0) is 21.4 Å². The van der Waals surface area contributed by atoms with Crippen LogP contribution in [0.4, 0.5) is 5.69 Å². The van der Waals surface area contributed by atoms with Crippen LogP contribution in [0.1, 0.15) is 27.8 Å². The maximum Gasteiger partial charge on any atom is 0.244 e. The molecule has 0 aromatic heterocycles. The van der Waals surface area contributed by atoms with Crippen LogP contribution >= 0.6 is 11.6 Å². The fourth-order valence-corrected chi connectivity index (χ4v) is 5.78. The summed E-state index contributed by atoms with van der Waals surface area (Å²) in [5, 5.41) is 3.33. The minimum Gasteiger partial charge on any atom is -0.325 e. The Morgan fingerprint density at radius 2 is 1.56 bits per heavy atom. The average Bonchev–Trinajstić information content (AvgIpc) is 2.70. The fourth-order valence-electron chi connectivity index (χ4n) is 3.81. The van der Waals surface area contributed by atoms with E-state index < -0.39 is 15.9 Å². The van der Waals surface area contributed by atoms with Crippen molar-refractivity contribution in [2.24, 2.45) is 0 Å². The molecule has 3 rings (SSSR count). The quantitative estimate of drug-likeness (QED) is 0.502. The topological polar surface area (TPSA) is 66.5 Å². The van der Waals surface area contributed by atoms with Crippen molar-refractivity contribution in [1.82, 2.24) is 4.31 Å². The van der Waals surface area contributed by atoms with Gasteiger partial charge in [-0.05, 0) is 62.1 Å². The predicted octanol–water partition coefficient (Wildman–Crippen LogP) is 5.40. The molecule has 3 aromatic rings. The number of benzene rings is 3. The van der Waals surface area contributed by atoms with E-state index in [0.29, 0.717) is 21.8 Å². The summed E-state index contributed by atoms with van der Waals surface area (Å²) < 4.78 is 28.7. The van der Waals surface area contributed by atoms with E-state index in [4.69, 9.17) is 11.6 Å². The highest BCUT2D eigenvalue weighted by Gasteiger charge is 2.30. The van der Waals surface area contributed by atoms with Crippen LogP contribution in [0.25, 0.3) is 0 Å². The van der Waals surface area contributed by atoms with E-state index in [1.54, 1.807) is 39.0 Å². The lowest BCUT2D eigenvalue weighted by atomic mass is 10.1. The van der Waals surface area contributed by atoms with Crippen molar-refractivity contribution in [1.29, 1.82) is 0 Å². The molecule has 7 heteroatoms. The molecule has 32 heavy (non-hydrogen) atoms. The molecular weight excluding hydrogens is 444 g/mol. The van der Waals surface area contributed by atoms with Crippen LogP contribution in [-0.4, -0.2) is 25.2 Å². The molecule has 0 unspecified atom stereocenters. The Bertz CT molecular complexity index is 1220. The van der Waals surface area contributed by atoms with Crippen LogP contribution in [0.3, 0.4) is 0 Å². The molecule has 0 heterocycles. The molecule has 0 atom stereocenters. The smallest absolute Gasteiger partial charge is 0.244 e. The first kappa shape index (κ1) is 24.0. The molecule has 0 aliphatic carbocycles. The van der Waals surface area contributed by atoms with Crippen molar-refractivity contribution in [3.8, 4) is 0 Å². The largest absolute Gasteiger partial charge is 0.325 e. The second-order valence-electron chi connectivity index (χ2n) is 7.95. The fraction of sp³-hybridized carbons (Fsp3) is 0.240. The number of carbonyl (C=O) groups is 1. The number of anilines is 1. The van der Waals surface area contributed by atoms with Gasteiger partial charge in [0, 0.05) is 17.3 Å². The summed E-state index contributed by atoms with van der Waals surface area (Å²) >= 11 is 6.15. The van der Waals surface area contributed by atoms with E-state index in [1.165, 1.54) is 4.31 Å². The third kappa shape index (κ3) is 5.38. The summed E-state index contributed by atoms with van der Waals surface area (Å²) in [6.45, 7) is 7.05. The molecule has 3 aromatic carbocycles. The monoisotopic (exact) mass is 470 g/mol. The number of sulfonamides is 1. The number of carbonyl (C=O) groups excluding carboxylic acids is 1. The number of halogens is 1. The SMILES string of the molecule is Cc1cc(C)c(S(=O)(=O)N(CC(=O)Nc2cccc(Cl)c2C)Cc2ccccc2)c(C)c1. The Labute approximate surface area is 195 Å². The van der Waals surface area contributed by atoms with Crippen molar-refractivity contribution >= 4 is 33.2 Å². The molecule has 1 N–H and O–H groups in total. The summed E-state index contributed by atoms with van der Waals surface area (Å²) in [5.41, 5.74) is 4.39. The van der Waals surface area contributed by atoms with Gasteiger partial charge < -0.3 is 5.32 Å². The maximum absolute atomic E-state index is 13.7. The first-order chi connectivity index (χ1) is 15.1. The number of aryl methyl sites for hydroxylation is 3. The van der Waals surface area contributed by atoms with Gasteiger partial charge in [0.1, 0.15) is 0 Å². The van der Waals surface area contributed by atoms with Gasteiger partial charge in [0.25, 0.3) is 0 Å². The van der Waals surface area contributed by atoms with Crippen LogP contribution < -0.4 is 5.32 Å². The van der Waals surface area contributed by atoms with Crippen molar-refractivity contribution in [2.75, 3.05) is 11.9 Å². The van der Waals surface area contributed by atoms with Crippen LogP contribution in [0.2, 0.25) is 5.02 Å². The van der Waals surface area contributed by atoms with Crippen molar-refractivity contribution in [3.05, 3.63) is 93.5 Å². The van der Waals surface area contributed by atoms with Crippen molar-refractivity contribution in [3.63, 3.8) is 0 Å². The van der Waals surface area contributed by atoms with Gasteiger partial charge in [0.05, 0.1) is 11.4 Å². The Kier molecular flexibility index (Phi) is 7.39. The Morgan fingerprint density at radius 1 is 0.938 bits per heavy atom. The number of nitrogens with one attached hydrogen (secondary N) is 1. The van der Waals surface area contributed by atoms with Gasteiger partial charge in [-0.2, -0.15) is 4.31 Å².